The molecule has 0 radical (unpaired) electrons. The minimum absolute atomic E-state index is 0.0270. The number of nitrogens with zero attached hydrogens (tertiary/aromatic N) is 2. The van der Waals surface area contributed by atoms with E-state index < -0.39 is 0 Å². The van der Waals surface area contributed by atoms with Gasteiger partial charge in [-0.3, -0.25) is 4.79 Å². The number of aromatic nitrogens is 1. The van der Waals surface area contributed by atoms with Gasteiger partial charge in [0.25, 0.3) is 5.91 Å². The molecule has 1 heterocycles. The number of carbonyl (C=O) groups excluding carboxylic acids is 1. The van der Waals surface area contributed by atoms with Gasteiger partial charge < -0.3 is 15.7 Å². The van der Waals surface area contributed by atoms with Gasteiger partial charge in [-0.05, 0) is 25.0 Å². The summed E-state index contributed by atoms with van der Waals surface area (Å²) in [5.41, 5.74) is 7.08. The number of pyridine rings is 1. The van der Waals surface area contributed by atoms with Crippen molar-refractivity contribution < 1.29 is 9.90 Å². The maximum Gasteiger partial charge on any atom is 0.255 e. The highest BCUT2D eigenvalue weighted by Gasteiger charge is 2.33. The Balaban J connectivity index is 2.06. The van der Waals surface area contributed by atoms with Crippen LogP contribution >= 0.6 is 0 Å². The zero-order chi connectivity index (χ0) is 14.1. The van der Waals surface area contributed by atoms with Gasteiger partial charge in [0.15, 0.2) is 0 Å². The van der Waals surface area contributed by atoms with Crippen molar-refractivity contribution in [3.63, 3.8) is 0 Å². The summed E-state index contributed by atoms with van der Waals surface area (Å²) in [6, 6.07) is 9.34. The lowest BCUT2D eigenvalue weighted by molar-refractivity contribution is 0.0709. The van der Waals surface area contributed by atoms with E-state index in [0.29, 0.717) is 17.9 Å². The number of fused-ring (bicyclic) bond motifs is 1. The highest BCUT2D eigenvalue weighted by atomic mass is 16.3. The molecule has 0 saturated heterocycles. The van der Waals surface area contributed by atoms with Crippen LogP contribution in [-0.2, 0) is 0 Å². The Hall–Kier alpha value is -2.14. The van der Waals surface area contributed by atoms with Crippen LogP contribution < -0.4 is 5.73 Å². The number of anilines is 1. The van der Waals surface area contributed by atoms with Gasteiger partial charge in [-0.1, -0.05) is 18.2 Å². The molecule has 1 fully saturated rings. The minimum Gasteiger partial charge on any atom is -0.395 e. The van der Waals surface area contributed by atoms with Crippen molar-refractivity contribution >= 4 is 22.6 Å². The van der Waals surface area contributed by atoms with Crippen molar-refractivity contribution in [1.29, 1.82) is 0 Å². The molecular formula is C15H17N3O2. The van der Waals surface area contributed by atoms with Gasteiger partial charge >= 0.3 is 0 Å². The van der Waals surface area contributed by atoms with E-state index in [1.807, 2.05) is 24.3 Å². The topological polar surface area (TPSA) is 79.5 Å². The number of aliphatic hydroxyl groups excluding tert-OH is 1. The molecule has 1 aliphatic rings. The highest BCUT2D eigenvalue weighted by Crippen LogP contribution is 2.29. The number of amides is 1. The zero-order valence-electron chi connectivity index (χ0n) is 11.1. The molecule has 0 aliphatic heterocycles. The molecule has 0 unspecified atom stereocenters. The average molecular weight is 271 g/mol. The van der Waals surface area contributed by atoms with Gasteiger partial charge in [0.1, 0.15) is 5.82 Å². The predicted octanol–water partition coefficient (Wildman–Crippen LogP) is 1.41. The smallest absolute Gasteiger partial charge is 0.255 e. The summed E-state index contributed by atoms with van der Waals surface area (Å²) in [5, 5.41) is 9.95. The number of nitrogen functional groups attached to an aromatic ring is 1. The Morgan fingerprint density at radius 3 is 2.85 bits per heavy atom. The fourth-order valence-electron chi connectivity index (χ4n) is 2.47. The van der Waals surface area contributed by atoms with Crippen LogP contribution in [0.2, 0.25) is 0 Å². The Morgan fingerprint density at radius 2 is 2.15 bits per heavy atom. The molecule has 0 atom stereocenters. The van der Waals surface area contributed by atoms with Crippen LogP contribution in [0.3, 0.4) is 0 Å². The zero-order valence-corrected chi connectivity index (χ0v) is 11.1. The van der Waals surface area contributed by atoms with E-state index in [9.17, 15) is 4.79 Å². The standard InChI is InChI=1S/C15H17N3O2/c16-14-9-12(11-3-1-2-4-13(11)17-14)15(20)18(7-8-19)10-5-6-10/h1-4,9-10,19H,5-8H2,(H2,16,17). The lowest BCUT2D eigenvalue weighted by Crippen LogP contribution is -2.35. The molecule has 5 heteroatoms. The van der Waals surface area contributed by atoms with Crippen LogP contribution in [0.25, 0.3) is 10.9 Å². The monoisotopic (exact) mass is 271 g/mol. The van der Waals surface area contributed by atoms with Crippen molar-refractivity contribution in [1.82, 2.24) is 9.88 Å². The number of aliphatic hydroxyl groups is 1. The Bertz CT molecular complexity index is 653. The van der Waals surface area contributed by atoms with Crippen LogP contribution in [0.4, 0.5) is 5.82 Å². The van der Waals surface area contributed by atoms with Crippen molar-refractivity contribution in [2.45, 2.75) is 18.9 Å². The molecule has 104 valence electrons. The number of benzene rings is 1. The van der Waals surface area contributed by atoms with Gasteiger partial charge in [0.05, 0.1) is 17.7 Å². The van der Waals surface area contributed by atoms with Gasteiger partial charge in [-0.2, -0.15) is 0 Å². The summed E-state index contributed by atoms with van der Waals surface area (Å²) in [7, 11) is 0. The SMILES string of the molecule is Nc1cc(C(=O)N(CCO)C2CC2)c2ccccc2n1. The third-order valence-corrected chi connectivity index (χ3v) is 3.56. The van der Waals surface area contributed by atoms with E-state index in [1.54, 1.807) is 11.0 Å². The number of para-hydroxylation sites is 1. The maximum absolute atomic E-state index is 12.7. The van der Waals surface area contributed by atoms with Gasteiger partial charge in [-0.25, -0.2) is 4.98 Å². The van der Waals surface area contributed by atoms with Crippen molar-refractivity contribution in [2.75, 3.05) is 18.9 Å². The van der Waals surface area contributed by atoms with E-state index in [4.69, 9.17) is 10.8 Å². The summed E-state index contributed by atoms with van der Waals surface area (Å²) < 4.78 is 0. The second-order valence-electron chi connectivity index (χ2n) is 5.07. The van der Waals surface area contributed by atoms with Gasteiger partial charge in [-0.15, -0.1) is 0 Å². The third kappa shape index (κ3) is 2.32. The first-order valence-electron chi connectivity index (χ1n) is 6.78. The molecule has 1 aliphatic carbocycles. The van der Waals surface area contributed by atoms with E-state index in [2.05, 4.69) is 4.98 Å². The average Bonchev–Trinajstić information content (AvgIpc) is 3.27. The van der Waals surface area contributed by atoms with Crippen LogP contribution in [0.15, 0.2) is 30.3 Å². The molecule has 1 aromatic heterocycles. The van der Waals surface area contributed by atoms with Crippen LogP contribution in [-0.4, -0.2) is 40.1 Å². The van der Waals surface area contributed by atoms with E-state index in [-0.39, 0.29) is 18.6 Å². The highest BCUT2D eigenvalue weighted by molar-refractivity contribution is 6.07. The second kappa shape index (κ2) is 5.09. The Labute approximate surface area is 117 Å². The maximum atomic E-state index is 12.7. The number of hydrogen-bond donors (Lipinski definition) is 2. The molecule has 3 N–H and O–H groups in total. The fraction of sp³-hybridized carbons (Fsp3) is 0.333. The molecule has 0 bridgehead atoms. The van der Waals surface area contributed by atoms with Crippen molar-refractivity contribution in [3.8, 4) is 0 Å². The first-order chi connectivity index (χ1) is 9.70. The molecule has 3 rings (SSSR count). The minimum atomic E-state index is -0.0770. The molecule has 0 spiro atoms. The summed E-state index contributed by atoms with van der Waals surface area (Å²) in [5.74, 6) is 0.263. The normalized spacial score (nSPS) is 14.4. The second-order valence-corrected chi connectivity index (χ2v) is 5.07. The van der Waals surface area contributed by atoms with E-state index in [0.717, 1.165) is 23.7 Å². The number of nitrogens with two attached hydrogens (primary N) is 1. The largest absolute Gasteiger partial charge is 0.395 e. The molecule has 2 aromatic rings. The van der Waals surface area contributed by atoms with Crippen LogP contribution in [0.5, 0.6) is 0 Å². The van der Waals surface area contributed by atoms with Gasteiger partial charge in [0, 0.05) is 18.0 Å². The third-order valence-electron chi connectivity index (χ3n) is 3.56. The summed E-state index contributed by atoms with van der Waals surface area (Å²) in [6.07, 6.45) is 2.01. The molecule has 20 heavy (non-hydrogen) atoms. The number of hydrogen-bond acceptors (Lipinski definition) is 4. The van der Waals surface area contributed by atoms with Crippen molar-refractivity contribution in [3.05, 3.63) is 35.9 Å². The van der Waals surface area contributed by atoms with E-state index >= 15 is 0 Å². The fourth-order valence-corrected chi connectivity index (χ4v) is 2.47. The van der Waals surface area contributed by atoms with Gasteiger partial charge in [0.2, 0.25) is 0 Å². The molecule has 1 saturated carbocycles. The Kier molecular flexibility index (Phi) is 3.28. The lowest BCUT2D eigenvalue weighted by atomic mass is 10.1. The quantitative estimate of drug-likeness (QED) is 0.881. The van der Waals surface area contributed by atoms with Crippen LogP contribution in [0, 0.1) is 0 Å². The summed E-state index contributed by atoms with van der Waals surface area (Å²) >= 11 is 0. The molecular weight excluding hydrogens is 254 g/mol. The van der Waals surface area contributed by atoms with Crippen LogP contribution in [0.1, 0.15) is 23.2 Å². The summed E-state index contributed by atoms with van der Waals surface area (Å²) in [4.78, 5) is 18.7. The number of carbonyl (C=O) groups is 1. The number of rotatable bonds is 4. The first kappa shape index (κ1) is 12.9. The predicted molar refractivity (Wildman–Crippen MR) is 77.3 cm³/mol. The Morgan fingerprint density at radius 1 is 1.40 bits per heavy atom. The molecule has 5 nitrogen and oxygen atoms in total. The molecule has 1 amide bonds. The molecule has 1 aromatic carbocycles. The van der Waals surface area contributed by atoms with E-state index in [1.165, 1.54) is 0 Å². The van der Waals surface area contributed by atoms with Crippen molar-refractivity contribution in [2.24, 2.45) is 0 Å². The lowest BCUT2D eigenvalue weighted by Gasteiger charge is -2.22. The summed E-state index contributed by atoms with van der Waals surface area (Å²) in [6.45, 7) is 0.334. The first-order valence-corrected chi connectivity index (χ1v) is 6.78.